The van der Waals surface area contributed by atoms with Crippen LogP contribution in [0.15, 0.2) is 6.07 Å². The van der Waals surface area contributed by atoms with Crippen molar-refractivity contribution in [2.75, 3.05) is 32.2 Å². The molecule has 0 aliphatic carbocycles. The van der Waals surface area contributed by atoms with Crippen molar-refractivity contribution in [3.8, 4) is 0 Å². The second kappa shape index (κ2) is 8.51. The number of carbonyl (C=O) groups excluding carboxylic acids is 3. The topological polar surface area (TPSA) is 88.2 Å². The molecular formula is C21H25F2N3O5. The molecule has 3 aliphatic heterocycles. The molecule has 3 amide bonds. The van der Waals surface area contributed by atoms with E-state index >= 15 is 4.39 Å². The lowest BCUT2D eigenvalue weighted by Crippen LogP contribution is -2.52. The number of anilines is 1. The monoisotopic (exact) mass is 437 g/mol. The Morgan fingerprint density at radius 1 is 1.10 bits per heavy atom. The number of methoxy groups -OCH3 is 2. The third-order valence-corrected chi connectivity index (χ3v) is 6.41. The summed E-state index contributed by atoms with van der Waals surface area (Å²) in [5.74, 6) is -3.05. The van der Waals surface area contributed by atoms with Gasteiger partial charge in [-0.1, -0.05) is 0 Å². The molecule has 4 rings (SSSR count). The van der Waals surface area contributed by atoms with Gasteiger partial charge in [-0.25, -0.2) is 8.78 Å². The SMILES string of the molecule is COC(OC)C1CCN(c2c(F)cc3c(c2F)CN(C2CCC(=O)NC2=O)C3=O)CC1. The zero-order valence-electron chi connectivity index (χ0n) is 17.5. The molecule has 0 saturated carbocycles. The lowest BCUT2D eigenvalue weighted by molar-refractivity contribution is -0.141. The molecule has 3 aliphatic rings. The predicted molar refractivity (Wildman–Crippen MR) is 105 cm³/mol. The van der Waals surface area contributed by atoms with Crippen molar-refractivity contribution in [1.29, 1.82) is 0 Å². The number of carbonyl (C=O) groups is 3. The molecule has 31 heavy (non-hydrogen) atoms. The van der Waals surface area contributed by atoms with Crippen molar-refractivity contribution in [2.45, 2.75) is 44.6 Å². The Balaban J connectivity index is 1.55. The van der Waals surface area contributed by atoms with Crippen LogP contribution >= 0.6 is 0 Å². The molecule has 2 saturated heterocycles. The number of piperidine rings is 2. The van der Waals surface area contributed by atoms with Crippen LogP contribution in [-0.2, 0) is 25.6 Å². The van der Waals surface area contributed by atoms with Crippen molar-refractivity contribution in [3.63, 3.8) is 0 Å². The van der Waals surface area contributed by atoms with Crippen molar-refractivity contribution in [2.24, 2.45) is 5.92 Å². The highest BCUT2D eigenvalue weighted by Gasteiger charge is 2.42. The number of imide groups is 1. The highest BCUT2D eigenvalue weighted by Crippen LogP contribution is 2.37. The number of hydrogen-bond acceptors (Lipinski definition) is 6. The summed E-state index contributed by atoms with van der Waals surface area (Å²) >= 11 is 0. The zero-order valence-corrected chi connectivity index (χ0v) is 17.5. The van der Waals surface area contributed by atoms with Gasteiger partial charge in [-0.2, -0.15) is 0 Å². The van der Waals surface area contributed by atoms with Gasteiger partial charge in [-0.05, 0) is 25.3 Å². The summed E-state index contributed by atoms with van der Waals surface area (Å²) in [5.41, 5.74) is -0.140. The second-order valence-electron chi connectivity index (χ2n) is 8.11. The molecule has 10 heteroatoms. The average molecular weight is 437 g/mol. The number of fused-ring (bicyclic) bond motifs is 1. The van der Waals surface area contributed by atoms with E-state index in [0.29, 0.717) is 25.9 Å². The number of rotatable bonds is 5. The quantitative estimate of drug-likeness (QED) is 0.556. The number of amides is 3. The van der Waals surface area contributed by atoms with E-state index in [-0.39, 0.29) is 48.4 Å². The van der Waals surface area contributed by atoms with Gasteiger partial charge in [0.1, 0.15) is 17.5 Å². The van der Waals surface area contributed by atoms with E-state index in [1.165, 1.54) is 4.90 Å². The molecule has 1 unspecified atom stereocenters. The molecule has 1 atom stereocenters. The number of ether oxygens (including phenoxy) is 2. The molecular weight excluding hydrogens is 412 g/mol. The van der Waals surface area contributed by atoms with Crippen LogP contribution in [0.3, 0.4) is 0 Å². The minimum atomic E-state index is -0.876. The molecule has 1 aromatic rings. The summed E-state index contributed by atoms with van der Waals surface area (Å²) in [5, 5.41) is 2.20. The first kappa shape index (κ1) is 21.6. The zero-order chi connectivity index (χ0) is 22.3. The molecule has 3 heterocycles. The van der Waals surface area contributed by atoms with E-state index in [0.717, 1.165) is 6.07 Å². The third kappa shape index (κ3) is 3.78. The Morgan fingerprint density at radius 3 is 2.39 bits per heavy atom. The number of benzene rings is 1. The largest absolute Gasteiger partial charge is 0.367 e. The summed E-state index contributed by atoms with van der Waals surface area (Å²) < 4.78 is 40.9. The molecule has 0 aromatic heterocycles. The van der Waals surface area contributed by atoms with E-state index in [4.69, 9.17) is 9.47 Å². The van der Waals surface area contributed by atoms with Gasteiger partial charge < -0.3 is 19.3 Å². The first-order valence-electron chi connectivity index (χ1n) is 10.3. The smallest absolute Gasteiger partial charge is 0.255 e. The van der Waals surface area contributed by atoms with E-state index in [1.807, 2.05) is 0 Å². The standard InChI is InChI=1S/C21H25F2N3O5/c1-30-21(31-2)11-5-7-25(8-6-11)18-14(22)9-12-13(17(18)23)10-26(20(12)29)15-3-4-16(27)24-19(15)28/h9,11,15,21H,3-8,10H2,1-2H3,(H,24,27,28). The molecule has 168 valence electrons. The Labute approximate surface area is 178 Å². The van der Waals surface area contributed by atoms with Gasteiger partial charge in [0.15, 0.2) is 12.1 Å². The van der Waals surface area contributed by atoms with Crippen LogP contribution in [-0.4, -0.2) is 62.3 Å². The van der Waals surface area contributed by atoms with E-state index in [9.17, 15) is 18.8 Å². The fourth-order valence-electron chi connectivity index (χ4n) is 4.79. The van der Waals surface area contributed by atoms with Crippen molar-refractivity contribution in [1.82, 2.24) is 10.2 Å². The van der Waals surface area contributed by atoms with Gasteiger partial charge >= 0.3 is 0 Å². The van der Waals surface area contributed by atoms with Gasteiger partial charge in [0.2, 0.25) is 11.8 Å². The minimum absolute atomic E-state index is 0.0721. The highest BCUT2D eigenvalue weighted by molar-refractivity contribution is 6.05. The number of hydrogen-bond donors (Lipinski definition) is 1. The molecule has 8 nitrogen and oxygen atoms in total. The Morgan fingerprint density at radius 2 is 1.77 bits per heavy atom. The summed E-state index contributed by atoms with van der Waals surface area (Å²) in [7, 11) is 3.12. The summed E-state index contributed by atoms with van der Waals surface area (Å²) in [6, 6.07) is 0.181. The Hall–Kier alpha value is -2.59. The summed E-state index contributed by atoms with van der Waals surface area (Å²) in [6.07, 6.45) is 1.18. The number of nitrogens with zero attached hydrogens (tertiary/aromatic N) is 2. The highest BCUT2D eigenvalue weighted by atomic mass is 19.1. The van der Waals surface area contributed by atoms with Gasteiger partial charge in [-0.3, -0.25) is 19.7 Å². The van der Waals surface area contributed by atoms with Crippen LogP contribution in [0.4, 0.5) is 14.5 Å². The van der Waals surface area contributed by atoms with E-state index < -0.39 is 35.4 Å². The van der Waals surface area contributed by atoms with Crippen LogP contribution < -0.4 is 10.2 Å². The van der Waals surface area contributed by atoms with Gasteiger partial charge in [0.05, 0.1) is 12.1 Å². The normalized spacial score (nSPS) is 22.4. The maximum atomic E-state index is 15.4. The first-order chi connectivity index (χ1) is 14.8. The maximum absolute atomic E-state index is 15.4. The van der Waals surface area contributed by atoms with Crippen LogP contribution in [0, 0.1) is 17.6 Å². The van der Waals surface area contributed by atoms with Crippen LogP contribution in [0.25, 0.3) is 0 Å². The molecule has 0 radical (unpaired) electrons. The predicted octanol–water partition coefficient (Wildman–Crippen LogP) is 1.56. The average Bonchev–Trinajstić information content (AvgIpc) is 3.07. The van der Waals surface area contributed by atoms with Gasteiger partial charge in [-0.15, -0.1) is 0 Å². The number of nitrogens with one attached hydrogen (secondary N) is 1. The molecule has 1 N–H and O–H groups in total. The first-order valence-corrected chi connectivity index (χ1v) is 10.3. The van der Waals surface area contributed by atoms with Crippen LogP contribution in [0.5, 0.6) is 0 Å². The van der Waals surface area contributed by atoms with Crippen molar-refractivity contribution >= 4 is 23.4 Å². The molecule has 1 aromatic carbocycles. The van der Waals surface area contributed by atoms with Crippen LogP contribution in [0.2, 0.25) is 0 Å². The fourth-order valence-corrected chi connectivity index (χ4v) is 4.79. The second-order valence-corrected chi connectivity index (χ2v) is 8.11. The van der Waals surface area contributed by atoms with Crippen molar-refractivity contribution in [3.05, 3.63) is 28.8 Å². The summed E-state index contributed by atoms with van der Waals surface area (Å²) in [4.78, 5) is 39.2. The Bertz CT molecular complexity index is 913. The van der Waals surface area contributed by atoms with Crippen molar-refractivity contribution < 1.29 is 32.6 Å². The lowest BCUT2D eigenvalue weighted by Gasteiger charge is -2.36. The molecule has 2 fully saturated rings. The van der Waals surface area contributed by atoms with Gasteiger partial charge in [0, 0.05) is 45.2 Å². The Kier molecular flexibility index (Phi) is 5.94. The molecule has 0 spiro atoms. The number of halogens is 2. The fraction of sp³-hybridized carbons (Fsp3) is 0.571. The molecule has 0 bridgehead atoms. The van der Waals surface area contributed by atoms with E-state index in [1.54, 1.807) is 19.1 Å². The van der Waals surface area contributed by atoms with E-state index in [2.05, 4.69) is 5.32 Å². The lowest BCUT2D eigenvalue weighted by atomic mass is 9.95. The minimum Gasteiger partial charge on any atom is -0.367 e. The van der Waals surface area contributed by atoms with Gasteiger partial charge in [0.25, 0.3) is 5.91 Å². The maximum Gasteiger partial charge on any atom is 0.255 e. The summed E-state index contributed by atoms with van der Waals surface area (Å²) in [6.45, 7) is 0.710. The third-order valence-electron chi connectivity index (χ3n) is 6.41. The van der Waals surface area contributed by atoms with Crippen LogP contribution in [0.1, 0.15) is 41.6 Å².